The van der Waals surface area contributed by atoms with E-state index in [2.05, 4.69) is 51.8 Å². The molecule has 1 rings (SSSR count). The molecule has 0 amide bonds. The highest BCUT2D eigenvalue weighted by Crippen LogP contribution is 2.24. The van der Waals surface area contributed by atoms with E-state index in [1.165, 1.54) is 38.8 Å². The second kappa shape index (κ2) is 8.26. The number of hydrogen-bond donors (Lipinski definition) is 1. The molecule has 114 valence electrons. The first-order chi connectivity index (χ1) is 8.99. The van der Waals surface area contributed by atoms with Crippen molar-refractivity contribution in [2.45, 2.75) is 85.4 Å². The smallest absolute Gasteiger partial charge is 0.0249 e. The third-order valence-corrected chi connectivity index (χ3v) is 4.80. The highest BCUT2D eigenvalue weighted by molar-refractivity contribution is 4.91. The van der Waals surface area contributed by atoms with Gasteiger partial charge in [0, 0.05) is 31.2 Å². The van der Waals surface area contributed by atoms with Gasteiger partial charge in [-0.1, -0.05) is 47.5 Å². The molecule has 0 aromatic heterocycles. The van der Waals surface area contributed by atoms with Crippen LogP contribution in [0.15, 0.2) is 0 Å². The zero-order valence-electron chi connectivity index (χ0n) is 14.1. The molecule has 1 aliphatic rings. The van der Waals surface area contributed by atoms with E-state index in [9.17, 15) is 0 Å². The van der Waals surface area contributed by atoms with Crippen LogP contribution in [0, 0.1) is 11.8 Å². The number of hydrogen-bond acceptors (Lipinski definition) is 2. The molecule has 4 unspecified atom stereocenters. The molecular weight excluding hydrogens is 232 g/mol. The van der Waals surface area contributed by atoms with Gasteiger partial charge >= 0.3 is 0 Å². The Morgan fingerprint density at radius 3 is 2.37 bits per heavy atom. The Labute approximate surface area is 121 Å². The lowest BCUT2D eigenvalue weighted by Crippen LogP contribution is -2.61. The summed E-state index contributed by atoms with van der Waals surface area (Å²) in [6.45, 7) is 16.6. The van der Waals surface area contributed by atoms with Crippen LogP contribution in [0.3, 0.4) is 0 Å². The molecule has 2 nitrogen and oxygen atoms in total. The highest BCUT2D eigenvalue weighted by atomic mass is 15.3. The third kappa shape index (κ3) is 5.07. The Hall–Kier alpha value is -0.0800. The maximum absolute atomic E-state index is 3.80. The molecule has 2 heteroatoms. The van der Waals surface area contributed by atoms with Gasteiger partial charge < -0.3 is 5.32 Å². The first kappa shape index (κ1) is 17.0. The Morgan fingerprint density at radius 2 is 1.84 bits per heavy atom. The predicted molar refractivity (Wildman–Crippen MR) is 85.6 cm³/mol. The van der Waals surface area contributed by atoms with E-state index in [1.807, 2.05) is 0 Å². The van der Waals surface area contributed by atoms with Gasteiger partial charge in [0.2, 0.25) is 0 Å². The number of nitrogens with one attached hydrogen (secondary N) is 1. The zero-order chi connectivity index (χ0) is 14.4. The van der Waals surface area contributed by atoms with Crippen molar-refractivity contribution in [1.29, 1.82) is 0 Å². The van der Waals surface area contributed by atoms with Gasteiger partial charge in [-0.05, 0) is 31.6 Å². The van der Waals surface area contributed by atoms with Gasteiger partial charge in [0.15, 0.2) is 0 Å². The summed E-state index contributed by atoms with van der Waals surface area (Å²) < 4.78 is 0. The maximum Gasteiger partial charge on any atom is 0.0249 e. The summed E-state index contributed by atoms with van der Waals surface area (Å²) in [6, 6.07) is 2.16. The number of piperazine rings is 1. The monoisotopic (exact) mass is 268 g/mol. The maximum atomic E-state index is 3.80. The summed E-state index contributed by atoms with van der Waals surface area (Å²) >= 11 is 0. The second-order valence-electron chi connectivity index (χ2n) is 7.02. The van der Waals surface area contributed by atoms with E-state index in [4.69, 9.17) is 0 Å². The van der Waals surface area contributed by atoms with Gasteiger partial charge in [0.25, 0.3) is 0 Å². The Morgan fingerprint density at radius 1 is 1.16 bits per heavy atom. The van der Waals surface area contributed by atoms with Crippen molar-refractivity contribution in [3.8, 4) is 0 Å². The normalized spacial score (nSPS) is 28.6. The highest BCUT2D eigenvalue weighted by Gasteiger charge is 2.33. The van der Waals surface area contributed by atoms with Crippen molar-refractivity contribution >= 4 is 0 Å². The van der Waals surface area contributed by atoms with Crippen LogP contribution in [0.1, 0.15) is 67.2 Å². The molecular formula is C17H36N2. The molecule has 19 heavy (non-hydrogen) atoms. The summed E-state index contributed by atoms with van der Waals surface area (Å²) in [5.74, 6) is 1.59. The topological polar surface area (TPSA) is 15.3 Å². The SMILES string of the molecule is CCCC(C)N1CC(CC(C)C)NCC1C(C)CC. The lowest BCUT2D eigenvalue weighted by molar-refractivity contribution is 0.0486. The molecule has 0 radical (unpaired) electrons. The molecule has 0 spiro atoms. The van der Waals surface area contributed by atoms with Crippen LogP contribution in [0.2, 0.25) is 0 Å². The lowest BCUT2D eigenvalue weighted by atomic mass is 9.90. The minimum atomic E-state index is 0.694. The quantitative estimate of drug-likeness (QED) is 0.753. The third-order valence-electron chi connectivity index (χ3n) is 4.80. The Bertz CT molecular complexity index is 239. The largest absolute Gasteiger partial charge is 0.311 e. The molecule has 1 N–H and O–H groups in total. The molecule has 4 atom stereocenters. The molecule has 1 aliphatic heterocycles. The minimum Gasteiger partial charge on any atom is -0.311 e. The summed E-state index contributed by atoms with van der Waals surface area (Å²) in [4.78, 5) is 2.81. The molecule has 1 saturated heterocycles. The van der Waals surface area contributed by atoms with E-state index in [0.29, 0.717) is 6.04 Å². The van der Waals surface area contributed by atoms with Crippen LogP contribution in [0.5, 0.6) is 0 Å². The van der Waals surface area contributed by atoms with E-state index >= 15 is 0 Å². The van der Waals surface area contributed by atoms with Crippen molar-refractivity contribution in [2.24, 2.45) is 11.8 Å². The van der Waals surface area contributed by atoms with E-state index in [-0.39, 0.29) is 0 Å². The van der Waals surface area contributed by atoms with Crippen molar-refractivity contribution in [3.05, 3.63) is 0 Å². The van der Waals surface area contributed by atoms with Gasteiger partial charge in [0.1, 0.15) is 0 Å². The molecule has 0 aromatic rings. The number of nitrogens with zero attached hydrogens (tertiary/aromatic N) is 1. The molecule has 0 saturated carbocycles. The zero-order valence-corrected chi connectivity index (χ0v) is 14.1. The minimum absolute atomic E-state index is 0.694. The van der Waals surface area contributed by atoms with Crippen molar-refractivity contribution < 1.29 is 0 Å². The van der Waals surface area contributed by atoms with Gasteiger partial charge in [-0.3, -0.25) is 4.90 Å². The molecule has 0 aliphatic carbocycles. The average Bonchev–Trinajstić information content (AvgIpc) is 2.37. The van der Waals surface area contributed by atoms with Crippen molar-refractivity contribution in [2.75, 3.05) is 13.1 Å². The first-order valence-electron chi connectivity index (χ1n) is 8.48. The predicted octanol–water partition coefficient (Wildman–Crippen LogP) is 3.91. The summed E-state index contributed by atoms with van der Waals surface area (Å²) in [5.41, 5.74) is 0. The van der Waals surface area contributed by atoms with E-state index in [1.54, 1.807) is 0 Å². The summed E-state index contributed by atoms with van der Waals surface area (Å²) in [6.07, 6.45) is 5.23. The second-order valence-corrected chi connectivity index (χ2v) is 7.02. The van der Waals surface area contributed by atoms with E-state index in [0.717, 1.165) is 23.9 Å². The van der Waals surface area contributed by atoms with Crippen LogP contribution < -0.4 is 5.32 Å². The standard InChI is InChI=1S/C17H36N2/c1-7-9-15(6)19-12-16(10-13(3)4)18-11-17(19)14(5)8-2/h13-18H,7-12H2,1-6H3. The Kier molecular flexibility index (Phi) is 7.38. The van der Waals surface area contributed by atoms with Crippen LogP contribution in [0.25, 0.3) is 0 Å². The average molecular weight is 268 g/mol. The Balaban J connectivity index is 2.68. The van der Waals surface area contributed by atoms with E-state index < -0.39 is 0 Å². The molecule has 1 fully saturated rings. The van der Waals surface area contributed by atoms with Gasteiger partial charge in [-0.25, -0.2) is 0 Å². The summed E-state index contributed by atoms with van der Waals surface area (Å²) in [5, 5.41) is 3.80. The van der Waals surface area contributed by atoms with Gasteiger partial charge in [0.05, 0.1) is 0 Å². The molecule has 1 heterocycles. The van der Waals surface area contributed by atoms with Crippen LogP contribution in [0.4, 0.5) is 0 Å². The fourth-order valence-corrected chi connectivity index (χ4v) is 3.48. The van der Waals surface area contributed by atoms with Crippen LogP contribution in [-0.4, -0.2) is 36.1 Å². The van der Waals surface area contributed by atoms with Gasteiger partial charge in [-0.2, -0.15) is 0 Å². The lowest BCUT2D eigenvalue weighted by Gasteiger charge is -2.46. The fraction of sp³-hybridized carbons (Fsp3) is 1.00. The first-order valence-corrected chi connectivity index (χ1v) is 8.48. The molecule has 0 bridgehead atoms. The van der Waals surface area contributed by atoms with Crippen LogP contribution >= 0.6 is 0 Å². The fourth-order valence-electron chi connectivity index (χ4n) is 3.48. The van der Waals surface area contributed by atoms with Gasteiger partial charge in [-0.15, -0.1) is 0 Å². The van der Waals surface area contributed by atoms with Crippen molar-refractivity contribution in [1.82, 2.24) is 10.2 Å². The van der Waals surface area contributed by atoms with Crippen LogP contribution in [-0.2, 0) is 0 Å². The summed E-state index contributed by atoms with van der Waals surface area (Å²) in [7, 11) is 0. The van der Waals surface area contributed by atoms with Crippen molar-refractivity contribution in [3.63, 3.8) is 0 Å². The molecule has 0 aromatic carbocycles. The number of rotatable bonds is 7.